The van der Waals surface area contributed by atoms with Crippen LogP contribution in [-0.4, -0.2) is 45.9 Å². The fourth-order valence-electron chi connectivity index (χ4n) is 3.16. The molecule has 1 fully saturated rings. The molecule has 3 rings (SSSR count). The van der Waals surface area contributed by atoms with Gasteiger partial charge >= 0.3 is 5.69 Å². The van der Waals surface area contributed by atoms with E-state index in [0.717, 1.165) is 38.4 Å². The molecule has 1 aromatic heterocycles. The molecule has 2 aromatic rings. The van der Waals surface area contributed by atoms with E-state index in [9.17, 15) is 10.1 Å². The number of nitrogens with one attached hydrogen (secondary N) is 1. The van der Waals surface area contributed by atoms with Gasteiger partial charge in [-0.25, -0.2) is 4.68 Å². The van der Waals surface area contributed by atoms with Gasteiger partial charge in [-0.15, -0.1) is 0 Å². The third-order valence-electron chi connectivity index (χ3n) is 4.60. The second kappa shape index (κ2) is 8.29. The van der Waals surface area contributed by atoms with Crippen LogP contribution in [0.5, 0.6) is 0 Å². The van der Waals surface area contributed by atoms with E-state index in [1.807, 2.05) is 6.92 Å². The van der Waals surface area contributed by atoms with Crippen LogP contribution in [0, 0.1) is 10.1 Å². The number of benzene rings is 1. The monoisotopic (exact) mass is 359 g/mol. The van der Waals surface area contributed by atoms with E-state index in [0.29, 0.717) is 24.5 Å². The van der Waals surface area contributed by atoms with Crippen molar-refractivity contribution in [1.82, 2.24) is 14.7 Å². The highest BCUT2D eigenvalue weighted by molar-refractivity contribution is 5.60. The van der Waals surface area contributed by atoms with E-state index in [-0.39, 0.29) is 10.6 Å². The van der Waals surface area contributed by atoms with Gasteiger partial charge in [0.15, 0.2) is 0 Å². The smallest absolute Gasteiger partial charge is 0.333 e. The molecule has 0 saturated carbocycles. The van der Waals surface area contributed by atoms with Crippen molar-refractivity contribution in [3.8, 4) is 0 Å². The summed E-state index contributed by atoms with van der Waals surface area (Å²) in [7, 11) is 1.72. The summed E-state index contributed by atoms with van der Waals surface area (Å²) in [6.07, 6.45) is 0.530. The van der Waals surface area contributed by atoms with Gasteiger partial charge in [0, 0.05) is 33.2 Å². The Hall–Kier alpha value is -2.45. The van der Waals surface area contributed by atoms with Gasteiger partial charge < -0.3 is 10.1 Å². The highest BCUT2D eigenvalue weighted by atomic mass is 16.6. The largest absolute Gasteiger partial charge is 0.379 e. The Labute approximate surface area is 152 Å². The molecule has 0 amide bonds. The summed E-state index contributed by atoms with van der Waals surface area (Å²) in [6, 6.07) is 8.35. The molecule has 0 radical (unpaired) electrons. The molecule has 140 valence electrons. The van der Waals surface area contributed by atoms with Gasteiger partial charge in [0.1, 0.15) is 5.69 Å². The minimum absolute atomic E-state index is 0.0685. The Bertz CT molecular complexity index is 751. The summed E-state index contributed by atoms with van der Waals surface area (Å²) < 4.78 is 6.92. The molecule has 1 N–H and O–H groups in total. The van der Waals surface area contributed by atoms with Gasteiger partial charge in [0.2, 0.25) is 5.82 Å². The Morgan fingerprint density at radius 1 is 1.23 bits per heavy atom. The van der Waals surface area contributed by atoms with Gasteiger partial charge in [-0.2, -0.15) is 5.10 Å². The molecule has 0 aliphatic carbocycles. The predicted molar refractivity (Wildman–Crippen MR) is 99.1 cm³/mol. The molecule has 1 aliphatic rings. The molecule has 26 heavy (non-hydrogen) atoms. The molecular weight excluding hydrogens is 334 g/mol. The fourth-order valence-corrected chi connectivity index (χ4v) is 3.16. The quantitative estimate of drug-likeness (QED) is 0.603. The second-order valence-corrected chi connectivity index (χ2v) is 6.44. The number of nitrogens with zero attached hydrogens (tertiary/aromatic N) is 4. The van der Waals surface area contributed by atoms with Crippen molar-refractivity contribution in [1.29, 1.82) is 0 Å². The van der Waals surface area contributed by atoms with E-state index in [1.165, 1.54) is 5.56 Å². The number of rotatable bonds is 7. The number of aryl methyl sites for hydroxylation is 2. The first-order valence-corrected chi connectivity index (χ1v) is 8.90. The second-order valence-electron chi connectivity index (χ2n) is 6.44. The maximum absolute atomic E-state index is 11.4. The van der Waals surface area contributed by atoms with E-state index >= 15 is 0 Å². The summed E-state index contributed by atoms with van der Waals surface area (Å²) in [5, 5.41) is 18.8. The van der Waals surface area contributed by atoms with Gasteiger partial charge in [-0.1, -0.05) is 31.2 Å². The maximum atomic E-state index is 11.4. The first-order chi connectivity index (χ1) is 12.6. The summed E-state index contributed by atoms with van der Waals surface area (Å²) in [5.74, 6) is 0.448. The van der Waals surface area contributed by atoms with Gasteiger partial charge in [-0.3, -0.25) is 15.0 Å². The standard InChI is InChI=1S/C18H25N5O3/c1-3-16-17(23(24)25)18(21(2)20-16)19-12-14-4-6-15(7-5-14)13-22-8-10-26-11-9-22/h4-7,19H,3,8-13H2,1-2H3. The fraction of sp³-hybridized carbons (Fsp3) is 0.500. The summed E-state index contributed by atoms with van der Waals surface area (Å²) in [4.78, 5) is 13.4. The van der Waals surface area contributed by atoms with E-state index in [1.54, 1.807) is 11.7 Å². The highest BCUT2D eigenvalue weighted by Gasteiger charge is 2.25. The van der Waals surface area contributed by atoms with Crippen LogP contribution in [0.25, 0.3) is 0 Å². The molecular formula is C18H25N5O3. The summed E-state index contributed by atoms with van der Waals surface area (Å²) in [6.45, 7) is 6.83. The van der Waals surface area contributed by atoms with Crippen molar-refractivity contribution in [2.45, 2.75) is 26.4 Å². The number of anilines is 1. The van der Waals surface area contributed by atoms with Crippen LogP contribution < -0.4 is 5.32 Å². The van der Waals surface area contributed by atoms with Crippen molar-refractivity contribution in [3.05, 3.63) is 51.2 Å². The van der Waals surface area contributed by atoms with Crippen LogP contribution in [0.3, 0.4) is 0 Å². The molecule has 0 spiro atoms. The third kappa shape index (κ3) is 4.20. The highest BCUT2D eigenvalue weighted by Crippen LogP contribution is 2.28. The molecule has 1 aliphatic heterocycles. The third-order valence-corrected chi connectivity index (χ3v) is 4.60. The Balaban J connectivity index is 1.63. The van der Waals surface area contributed by atoms with Gasteiger partial charge in [0.05, 0.1) is 18.1 Å². The van der Waals surface area contributed by atoms with Crippen LogP contribution >= 0.6 is 0 Å². The van der Waals surface area contributed by atoms with Crippen molar-refractivity contribution in [2.75, 3.05) is 31.6 Å². The topological polar surface area (TPSA) is 85.5 Å². The average Bonchev–Trinajstić information content (AvgIpc) is 2.98. The van der Waals surface area contributed by atoms with Crippen molar-refractivity contribution < 1.29 is 9.66 Å². The van der Waals surface area contributed by atoms with Gasteiger partial charge in [-0.05, 0) is 17.5 Å². The van der Waals surface area contributed by atoms with Crippen LogP contribution in [0.1, 0.15) is 23.7 Å². The lowest BCUT2D eigenvalue weighted by molar-refractivity contribution is -0.384. The van der Waals surface area contributed by atoms with Crippen molar-refractivity contribution in [2.24, 2.45) is 7.05 Å². The van der Waals surface area contributed by atoms with Crippen LogP contribution in [0.15, 0.2) is 24.3 Å². The van der Waals surface area contributed by atoms with E-state index < -0.39 is 0 Å². The molecule has 0 atom stereocenters. The van der Waals surface area contributed by atoms with Crippen LogP contribution in [-0.2, 0) is 31.3 Å². The summed E-state index contributed by atoms with van der Waals surface area (Å²) in [5.41, 5.74) is 2.90. The van der Waals surface area contributed by atoms with Crippen LogP contribution in [0.2, 0.25) is 0 Å². The molecule has 1 aromatic carbocycles. The number of hydrogen-bond donors (Lipinski definition) is 1. The predicted octanol–water partition coefficient (Wildman–Crippen LogP) is 2.33. The molecule has 8 nitrogen and oxygen atoms in total. The Kier molecular flexibility index (Phi) is 5.85. The number of morpholine rings is 1. The molecule has 0 unspecified atom stereocenters. The van der Waals surface area contributed by atoms with Crippen molar-refractivity contribution >= 4 is 11.5 Å². The number of nitro groups is 1. The Morgan fingerprint density at radius 2 is 1.88 bits per heavy atom. The first-order valence-electron chi connectivity index (χ1n) is 8.90. The zero-order chi connectivity index (χ0) is 18.5. The Morgan fingerprint density at radius 3 is 2.50 bits per heavy atom. The summed E-state index contributed by atoms with van der Waals surface area (Å²) >= 11 is 0. The van der Waals surface area contributed by atoms with Crippen LogP contribution in [0.4, 0.5) is 11.5 Å². The zero-order valence-corrected chi connectivity index (χ0v) is 15.3. The van der Waals surface area contributed by atoms with Crippen molar-refractivity contribution in [3.63, 3.8) is 0 Å². The lowest BCUT2D eigenvalue weighted by Crippen LogP contribution is -2.35. The number of ether oxygens (including phenoxy) is 1. The zero-order valence-electron chi connectivity index (χ0n) is 15.3. The molecule has 2 heterocycles. The maximum Gasteiger partial charge on any atom is 0.333 e. The normalized spacial score (nSPS) is 15.2. The SMILES string of the molecule is CCc1nn(C)c(NCc2ccc(CN3CCOCC3)cc2)c1[N+](=O)[O-]. The minimum Gasteiger partial charge on any atom is -0.379 e. The number of hydrogen-bond acceptors (Lipinski definition) is 6. The molecule has 8 heteroatoms. The lowest BCUT2D eigenvalue weighted by atomic mass is 10.1. The van der Waals surface area contributed by atoms with Gasteiger partial charge in [0.25, 0.3) is 0 Å². The first kappa shape index (κ1) is 18.3. The molecule has 1 saturated heterocycles. The average molecular weight is 359 g/mol. The van der Waals surface area contributed by atoms with E-state index in [4.69, 9.17) is 4.74 Å². The number of aromatic nitrogens is 2. The molecule has 0 bridgehead atoms. The minimum atomic E-state index is -0.362. The van der Waals surface area contributed by atoms with E-state index in [2.05, 4.69) is 39.6 Å². The lowest BCUT2D eigenvalue weighted by Gasteiger charge is -2.26.